The van der Waals surface area contributed by atoms with Crippen LogP contribution in [0.2, 0.25) is 0 Å². The molecule has 1 heterocycles. The largest absolute Gasteiger partial charge is 0.381 e. The zero-order valence-electron chi connectivity index (χ0n) is 8.56. The van der Waals surface area contributed by atoms with Gasteiger partial charge in [-0.1, -0.05) is 0 Å². The van der Waals surface area contributed by atoms with E-state index in [0.717, 1.165) is 12.8 Å². The van der Waals surface area contributed by atoms with Crippen LogP contribution in [0.4, 0.5) is 0 Å². The lowest BCUT2D eigenvalue weighted by atomic mass is 9.89. The van der Waals surface area contributed by atoms with Crippen molar-refractivity contribution in [1.82, 2.24) is 10.3 Å². The average Bonchev–Trinajstić information content (AvgIpc) is 2.62. The molecule has 1 atom stereocenters. The molecule has 4 heteroatoms. The van der Waals surface area contributed by atoms with Crippen LogP contribution in [0, 0.1) is 0 Å². The Balaban J connectivity index is 1.77. The summed E-state index contributed by atoms with van der Waals surface area (Å²) in [7, 11) is 1.78. The third-order valence-electron chi connectivity index (χ3n) is 2.74. The highest BCUT2D eigenvalue weighted by Crippen LogP contribution is 2.26. The van der Waals surface area contributed by atoms with Crippen LogP contribution in [-0.2, 0) is 4.74 Å². The second kappa shape index (κ2) is 4.38. The number of hydrogen-bond acceptors (Lipinski definition) is 4. The molecule has 0 radical (unpaired) electrons. The van der Waals surface area contributed by atoms with Gasteiger partial charge in [0, 0.05) is 24.7 Å². The Hall–Kier alpha value is -0.450. The molecule has 0 saturated heterocycles. The van der Waals surface area contributed by atoms with Gasteiger partial charge in [-0.3, -0.25) is 0 Å². The first kappa shape index (κ1) is 10.1. The highest BCUT2D eigenvalue weighted by Gasteiger charge is 2.30. The predicted molar refractivity (Wildman–Crippen MR) is 57.5 cm³/mol. The van der Waals surface area contributed by atoms with Crippen molar-refractivity contribution in [3.05, 3.63) is 16.6 Å². The normalized spacial score (nSPS) is 28.4. The molecule has 78 valence electrons. The molecule has 1 aliphatic carbocycles. The number of thiazole rings is 1. The van der Waals surface area contributed by atoms with Gasteiger partial charge in [-0.05, 0) is 19.8 Å². The maximum absolute atomic E-state index is 5.24. The molecule has 1 aromatic heterocycles. The smallest absolute Gasteiger partial charge is 0.109 e. The van der Waals surface area contributed by atoms with Gasteiger partial charge in [-0.25, -0.2) is 4.98 Å². The highest BCUT2D eigenvalue weighted by atomic mass is 32.1. The van der Waals surface area contributed by atoms with E-state index in [1.54, 1.807) is 18.4 Å². The molecule has 0 amide bonds. The monoisotopic (exact) mass is 212 g/mol. The van der Waals surface area contributed by atoms with Crippen molar-refractivity contribution in [3.63, 3.8) is 0 Å². The van der Waals surface area contributed by atoms with E-state index in [-0.39, 0.29) is 0 Å². The summed E-state index contributed by atoms with van der Waals surface area (Å²) < 4.78 is 5.24. The Morgan fingerprint density at radius 2 is 2.43 bits per heavy atom. The van der Waals surface area contributed by atoms with Crippen LogP contribution in [0.25, 0.3) is 0 Å². The van der Waals surface area contributed by atoms with Gasteiger partial charge >= 0.3 is 0 Å². The van der Waals surface area contributed by atoms with Crippen LogP contribution in [0.3, 0.4) is 0 Å². The lowest BCUT2D eigenvalue weighted by molar-refractivity contribution is 0.0147. The Labute approximate surface area is 88.5 Å². The number of methoxy groups -OCH3 is 1. The van der Waals surface area contributed by atoms with Crippen molar-refractivity contribution in [2.45, 2.75) is 38.0 Å². The predicted octanol–water partition coefficient (Wildman–Crippen LogP) is 1.97. The molecule has 3 nitrogen and oxygen atoms in total. The van der Waals surface area contributed by atoms with E-state index in [9.17, 15) is 0 Å². The van der Waals surface area contributed by atoms with Gasteiger partial charge in [0.25, 0.3) is 0 Å². The van der Waals surface area contributed by atoms with Gasteiger partial charge < -0.3 is 10.1 Å². The lowest BCUT2D eigenvalue weighted by Gasteiger charge is -2.36. The van der Waals surface area contributed by atoms with Crippen molar-refractivity contribution >= 4 is 11.3 Å². The molecule has 0 aromatic carbocycles. The summed E-state index contributed by atoms with van der Waals surface area (Å²) in [5.74, 6) is 0. The molecule has 1 fully saturated rings. The van der Waals surface area contributed by atoms with Crippen LogP contribution in [0.5, 0.6) is 0 Å². The lowest BCUT2D eigenvalue weighted by Crippen LogP contribution is -2.45. The zero-order chi connectivity index (χ0) is 9.97. The van der Waals surface area contributed by atoms with Crippen LogP contribution >= 0.6 is 11.3 Å². The average molecular weight is 212 g/mol. The molecular weight excluding hydrogens is 196 g/mol. The van der Waals surface area contributed by atoms with Crippen molar-refractivity contribution in [2.24, 2.45) is 0 Å². The summed E-state index contributed by atoms with van der Waals surface area (Å²) in [5.41, 5.74) is 0. The minimum Gasteiger partial charge on any atom is -0.381 e. The van der Waals surface area contributed by atoms with Gasteiger partial charge in [0.1, 0.15) is 5.01 Å². The van der Waals surface area contributed by atoms with Gasteiger partial charge in [-0.15, -0.1) is 11.3 Å². The topological polar surface area (TPSA) is 34.1 Å². The molecule has 0 bridgehead atoms. The highest BCUT2D eigenvalue weighted by molar-refractivity contribution is 7.09. The second-order valence-corrected chi connectivity index (χ2v) is 4.71. The first-order chi connectivity index (χ1) is 6.79. The molecular formula is C10H16N2OS. The number of hydrogen-bond donors (Lipinski definition) is 1. The summed E-state index contributed by atoms with van der Waals surface area (Å²) in [6.07, 6.45) is 4.59. The van der Waals surface area contributed by atoms with Crippen LogP contribution in [-0.4, -0.2) is 24.2 Å². The van der Waals surface area contributed by atoms with E-state index in [4.69, 9.17) is 4.74 Å². The minimum absolute atomic E-state index is 0.373. The fourth-order valence-electron chi connectivity index (χ4n) is 1.77. The first-order valence-corrected chi connectivity index (χ1v) is 5.85. The molecule has 1 aromatic rings. The van der Waals surface area contributed by atoms with E-state index in [1.165, 1.54) is 5.01 Å². The zero-order valence-corrected chi connectivity index (χ0v) is 9.38. The Bertz CT molecular complexity index is 270. The molecule has 1 saturated carbocycles. The summed E-state index contributed by atoms with van der Waals surface area (Å²) in [4.78, 5) is 4.29. The molecule has 2 rings (SSSR count). The van der Waals surface area contributed by atoms with Crippen LogP contribution in [0.15, 0.2) is 11.6 Å². The number of ether oxygens (including phenoxy) is 1. The molecule has 1 unspecified atom stereocenters. The molecule has 14 heavy (non-hydrogen) atoms. The van der Waals surface area contributed by atoms with Crippen LogP contribution < -0.4 is 5.32 Å². The maximum atomic E-state index is 5.24. The molecule has 1 aliphatic rings. The SMILES string of the molecule is COC1CC(NC(C)c2nccs2)C1. The third kappa shape index (κ3) is 2.13. The Kier molecular flexibility index (Phi) is 3.15. The molecule has 0 spiro atoms. The van der Waals surface area contributed by atoms with Gasteiger partial charge in [0.2, 0.25) is 0 Å². The third-order valence-corrected chi connectivity index (χ3v) is 3.69. The van der Waals surface area contributed by atoms with Crippen molar-refractivity contribution in [2.75, 3.05) is 7.11 Å². The molecule has 0 aliphatic heterocycles. The van der Waals surface area contributed by atoms with Gasteiger partial charge in [0.05, 0.1) is 12.1 Å². The number of rotatable bonds is 4. The second-order valence-electron chi connectivity index (χ2n) is 3.78. The Morgan fingerprint density at radius 3 is 3.00 bits per heavy atom. The van der Waals surface area contributed by atoms with E-state index < -0.39 is 0 Å². The van der Waals surface area contributed by atoms with Crippen molar-refractivity contribution < 1.29 is 4.74 Å². The van der Waals surface area contributed by atoms with E-state index in [1.807, 2.05) is 11.6 Å². The summed E-state index contributed by atoms with van der Waals surface area (Å²) in [5, 5.41) is 6.74. The number of aromatic nitrogens is 1. The number of nitrogens with one attached hydrogen (secondary N) is 1. The van der Waals surface area contributed by atoms with E-state index in [0.29, 0.717) is 18.2 Å². The number of nitrogens with zero attached hydrogens (tertiary/aromatic N) is 1. The van der Waals surface area contributed by atoms with E-state index >= 15 is 0 Å². The maximum Gasteiger partial charge on any atom is 0.109 e. The van der Waals surface area contributed by atoms with Gasteiger partial charge in [-0.2, -0.15) is 0 Å². The fourth-order valence-corrected chi connectivity index (χ4v) is 2.42. The summed E-state index contributed by atoms with van der Waals surface area (Å²) in [6, 6.07) is 0.983. The fraction of sp³-hybridized carbons (Fsp3) is 0.700. The standard InChI is InChI=1S/C10H16N2OS/c1-7(10-11-3-4-14-10)12-8-5-9(6-8)13-2/h3-4,7-9,12H,5-6H2,1-2H3. The molecule has 1 N–H and O–H groups in total. The quantitative estimate of drug-likeness (QED) is 0.828. The minimum atomic E-state index is 0.373. The van der Waals surface area contributed by atoms with Crippen molar-refractivity contribution in [3.8, 4) is 0 Å². The van der Waals surface area contributed by atoms with Crippen LogP contribution in [0.1, 0.15) is 30.8 Å². The first-order valence-electron chi connectivity index (χ1n) is 4.98. The summed E-state index contributed by atoms with van der Waals surface area (Å²) in [6.45, 7) is 2.17. The summed E-state index contributed by atoms with van der Waals surface area (Å²) >= 11 is 1.71. The Morgan fingerprint density at radius 1 is 1.64 bits per heavy atom. The van der Waals surface area contributed by atoms with E-state index in [2.05, 4.69) is 17.2 Å². The van der Waals surface area contributed by atoms with Crippen molar-refractivity contribution in [1.29, 1.82) is 0 Å². The van der Waals surface area contributed by atoms with Gasteiger partial charge in [0.15, 0.2) is 0 Å².